The fraction of sp³-hybridized carbons (Fsp3) is 0.267. The normalized spacial score (nSPS) is 11.3. The van der Waals surface area contributed by atoms with Crippen molar-refractivity contribution in [2.45, 2.75) is 4.90 Å². The number of ether oxygens (including phenoxy) is 2. The Bertz CT molecular complexity index is 887. The molecule has 2 rings (SSSR count). The lowest BCUT2D eigenvalue weighted by atomic mass is 10.3. The molecular weight excluding hydrogens is 368 g/mol. The zero-order valence-corrected chi connectivity index (χ0v) is 14.8. The lowest BCUT2D eigenvalue weighted by Crippen LogP contribution is -2.22. The van der Waals surface area contributed by atoms with Gasteiger partial charge in [0.25, 0.3) is 0 Å². The van der Waals surface area contributed by atoms with E-state index >= 15 is 0 Å². The van der Waals surface area contributed by atoms with Crippen molar-refractivity contribution < 1.29 is 32.0 Å². The van der Waals surface area contributed by atoms with Gasteiger partial charge in [-0.15, -0.1) is 0 Å². The van der Waals surface area contributed by atoms with Gasteiger partial charge in [-0.2, -0.15) is 0 Å². The van der Waals surface area contributed by atoms with Crippen molar-refractivity contribution in [1.29, 1.82) is 0 Å². The van der Waals surface area contributed by atoms with Gasteiger partial charge < -0.3 is 13.9 Å². The van der Waals surface area contributed by atoms with Crippen LogP contribution in [0.5, 0.6) is 5.75 Å². The van der Waals surface area contributed by atoms with Gasteiger partial charge in [0.2, 0.25) is 15.8 Å². The molecule has 0 N–H and O–H groups in total. The fourth-order valence-corrected chi connectivity index (χ4v) is 2.72. The predicted molar refractivity (Wildman–Crippen MR) is 88.5 cm³/mol. The van der Waals surface area contributed by atoms with Crippen molar-refractivity contribution >= 4 is 21.9 Å². The second-order valence-electron chi connectivity index (χ2n) is 5.14. The zero-order chi connectivity index (χ0) is 19.3. The Morgan fingerprint density at radius 3 is 2.35 bits per heavy atom. The van der Waals surface area contributed by atoms with E-state index in [1.54, 1.807) is 0 Å². The van der Waals surface area contributed by atoms with Crippen LogP contribution in [0.15, 0.2) is 45.7 Å². The Balaban J connectivity index is 1.82. The molecule has 0 amide bonds. The SMILES string of the molecule is CN(C)S(=O)(=O)c1ccc(OCCOC(=O)c2ccc([N+](=O)[O-])o2)cc1. The molecular formula is C15H16N2O8S. The van der Waals surface area contributed by atoms with Gasteiger partial charge in [-0.1, -0.05) is 0 Å². The van der Waals surface area contributed by atoms with Crippen molar-refractivity contribution in [2.24, 2.45) is 0 Å². The monoisotopic (exact) mass is 384 g/mol. The van der Waals surface area contributed by atoms with Crippen LogP contribution in [0.2, 0.25) is 0 Å². The first kappa shape index (κ1) is 19.4. The van der Waals surface area contributed by atoms with Crippen LogP contribution in [0, 0.1) is 10.1 Å². The number of carbonyl (C=O) groups is 1. The second-order valence-corrected chi connectivity index (χ2v) is 7.29. The number of nitro groups is 1. The summed E-state index contributed by atoms with van der Waals surface area (Å²) in [5.74, 6) is -1.29. The first-order valence-electron chi connectivity index (χ1n) is 7.28. The summed E-state index contributed by atoms with van der Waals surface area (Å²) < 4.78 is 39.9. The van der Waals surface area contributed by atoms with E-state index in [0.29, 0.717) is 5.75 Å². The molecule has 0 saturated heterocycles. The fourth-order valence-electron chi connectivity index (χ4n) is 1.82. The number of carbonyl (C=O) groups excluding carboxylic acids is 1. The van der Waals surface area contributed by atoms with Gasteiger partial charge in [-0.05, 0) is 30.3 Å². The minimum Gasteiger partial charge on any atom is -0.490 e. The molecule has 0 spiro atoms. The molecule has 0 bridgehead atoms. The Kier molecular flexibility index (Phi) is 5.95. The molecule has 140 valence electrons. The first-order chi connectivity index (χ1) is 12.2. The summed E-state index contributed by atoms with van der Waals surface area (Å²) >= 11 is 0. The van der Waals surface area contributed by atoms with E-state index in [9.17, 15) is 23.3 Å². The number of esters is 1. The van der Waals surface area contributed by atoms with E-state index in [1.807, 2.05) is 0 Å². The largest absolute Gasteiger partial charge is 0.490 e. The first-order valence-corrected chi connectivity index (χ1v) is 8.72. The van der Waals surface area contributed by atoms with E-state index in [4.69, 9.17) is 13.9 Å². The average Bonchev–Trinajstić information content (AvgIpc) is 3.09. The lowest BCUT2D eigenvalue weighted by Gasteiger charge is -2.12. The van der Waals surface area contributed by atoms with E-state index in [0.717, 1.165) is 16.4 Å². The van der Waals surface area contributed by atoms with Gasteiger partial charge in [0.1, 0.15) is 23.9 Å². The summed E-state index contributed by atoms with van der Waals surface area (Å²) in [6, 6.07) is 7.96. The standard InChI is InChI=1S/C15H16N2O8S/c1-16(2)26(21,22)12-5-3-11(4-6-12)23-9-10-24-15(18)13-7-8-14(25-13)17(19)20/h3-8H,9-10H2,1-2H3. The molecule has 0 fully saturated rings. The van der Waals surface area contributed by atoms with E-state index in [1.165, 1.54) is 38.4 Å². The van der Waals surface area contributed by atoms with Crippen molar-refractivity contribution in [3.8, 4) is 5.75 Å². The molecule has 0 aliphatic heterocycles. The summed E-state index contributed by atoms with van der Waals surface area (Å²) in [5, 5.41) is 10.5. The predicted octanol–water partition coefficient (Wildman–Crippen LogP) is 1.67. The quantitative estimate of drug-likeness (QED) is 0.291. The molecule has 1 heterocycles. The van der Waals surface area contributed by atoms with Crippen LogP contribution in [0.25, 0.3) is 0 Å². The average molecular weight is 384 g/mol. The number of rotatable bonds is 8. The summed E-state index contributed by atoms with van der Waals surface area (Å²) in [6.07, 6.45) is 0. The van der Waals surface area contributed by atoms with Gasteiger partial charge in [0.05, 0.1) is 11.0 Å². The van der Waals surface area contributed by atoms with Crippen LogP contribution in [0.3, 0.4) is 0 Å². The second kappa shape index (κ2) is 7.97. The number of hydrogen-bond acceptors (Lipinski definition) is 8. The topological polar surface area (TPSA) is 129 Å². The highest BCUT2D eigenvalue weighted by Gasteiger charge is 2.19. The molecule has 1 aromatic heterocycles. The molecule has 10 nitrogen and oxygen atoms in total. The number of benzene rings is 1. The van der Waals surface area contributed by atoms with Gasteiger partial charge in [0, 0.05) is 14.1 Å². The Morgan fingerprint density at radius 2 is 1.81 bits per heavy atom. The van der Waals surface area contributed by atoms with Gasteiger partial charge in [-0.25, -0.2) is 17.5 Å². The van der Waals surface area contributed by atoms with Crippen molar-refractivity contribution in [3.63, 3.8) is 0 Å². The van der Waals surface area contributed by atoms with Gasteiger partial charge in [-0.3, -0.25) is 10.1 Å². The maximum absolute atomic E-state index is 11.9. The van der Waals surface area contributed by atoms with E-state index < -0.39 is 26.8 Å². The van der Waals surface area contributed by atoms with Crippen LogP contribution in [0.1, 0.15) is 10.6 Å². The third kappa shape index (κ3) is 4.58. The van der Waals surface area contributed by atoms with Crippen LogP contribution in [0.4, 0.5) is 5.88 Å². The van der Waals surface area contributed by atoms with E-state index in [-0.39, 0.29) is 23.9 Å². The number of furan rings is 1. The number of nitrogens with zero attached hydrogens (tertiary/aromatic N) is 2. The molecule has 11 heteroatoms. The van der Waals surface area contributed by atoms with Crippen LogP contribution in [-0.4, -0.2) is 50.9 Å². The number of hydrogen-bond donors (Lipinski definition) is 0. The lowest BCUT2D eigenvalue weighted by molar-refractivity contribution is -0.402. The molecule has 2 aromatic rings. The van der Waals surface area contributed by atoms with Crippen molar-refractivity contribution in [2.75, 3.05) is 27.3 Å². The van der Waals surface area contributed by atoms with Gasteiger partial charge >= 0.3 is 11.9 Å². The third-order valence-corrected chi connectivity index (χ3v) is 4.99. The molecule has 0 atom stereocenters. The summed E-state index contributed by atoms with van der Waals surface area (Å²) in [6.45, 7) is -0.112. The summed E-state index contributed by atoms with van der Waals surface area (Å²) in [5.41, 5.74) is 0. The molecule has 0 radical (unpaired) electrons. The van der Waals surface area contributed by atoms with Crippen LogP contribution in [-0.2, 0) is 14.8 Å². The summed E-state index contributed by atoms with van der Waals surface area (Å²) in [7, 11) is -0.650. The Labute approximate surface area is 149 Å². The minimum atomic E-state index is -3.51. The van der Waals surface area contributed by atoms with E-state index in [2.05, 4.69) is 0 Å². The molecule has 0 unspecified atom stereocenters. The maximum atomic E-state index is 11.9. The molecule has 0 aliphatic carbocycles. The maximum Gasteiger partial charge on any atom is 0.433 e. The van der Waals surface area contributed by atoms with Crippen LogP contribution >= 0.6 is 0 Å². The van der Waals surface area contributed by atoms with Crippen molar-refractivity contribution in [1.82, 2.24) is 4.31 Å². The zero-order valence-electron chi connectivity index (χ0n) is 13.9. The highest BCUT2D eigenvalue weighted by molar-refractivity contribution is 7.89. The van der Waals surface area contributed by atoms with Crippen LogP contribution < -0.4 is 4.74 Å². The number of sulfonamides is 1. The molecule has 0 saturated carbocycles. The Hall–Kier alpha value is -2.92. The minimum absolute atomic E-state index is 0.00825. The summed E-state index contributed by atoms with van der Waals surface area (Å²) in [4.78, 5) is 21.5. The highest BCUT2D eigenvalue weighted by atomic mass is 32.2. The Morgan fingerprint density at radius 1 is 1.15 bits per heavy atom. The highest BCUT2D eigenvalue weighted by Crippen LogP contribution is 2.18. The van der Waals surface area contributed by atoms with Crippen molar-refractivity contribution in [3.05, 3.63) is 52.3 Å². The molecule has 26 heavy (non-hydrogen) atoms. The van der Waals surface area contributed by atoms with Gasteiger partial charge in [0.15, 0.2) is 0 Å². The molecule has 0 aliphatic rings. The molecule has 1 aromatic carbocycles. The smallest absolute Gasteiger partial charge is 0.433 e. The third-order valence-electron chi connectivity index (χ3n) is 3.16.